The molecule has 0 aliphatic carbocycles. The fourth-order valence-corrected chi connectivity index (χ4v) is 2.45. The Labute approximate surface area is 132 Å². The van der Waals surface area contributed by atoms with E-state index in [1.165, 1.54) is 6.26 Å². The van der Waals surface area contributed by atoms with Crippen LogP contribution in [0.3, 0.4) is 0 Å². The maximum Gasteiger partial charge on any atom is 0.191 e. The van der Waals surface area contributed by atoms with Crippen LogP contribution in [0.1, 0.15) is 19.3 Å². The van der Waals surface area contributed by atoms with Crippen LogP contribution in [0.4, 0.5) is 0 Å². The lowest BCUT2D eigenvalue weighted by atomic mass is 10.2. The van der Waals surface area contributed by atoms with Crippen LogP contribution < -0.4 is 10.6 Å². The van der Waals surface area contributed by atoms with Gasteiger partial charge in [0.2, 0.25) is 0 Å². The quantitative estimate of drug-likeness (QED) is 0.289. The molecule has 1 atom stereocenters. The fraction of sp³-hybridized carbons (Fsp3) is 0.909. The Hall–Kier alpha value is -0.0900. The first kappa shape index (κ1) is 18.9. The summed E-state index contributed by atoms with van der Waals surface area (Å²) in [6, 6.07) is 0. The van der Waals surface area contributed by atoms with E-state index in [-0.39, 0.29) is 35.8 Å². The Morgan fingerprint density at radius 2 is 2.16 bits per heavy atom. The molecule has 8 heteroatoms. The number of rotatable bonds is 6. The van der Waals surface area contributed by atoms with E-state index in [1.54, 1.807) is 7.05 Å². The van der Waals surface area contributed by atoms with Gasteiger partial charge in [0.25, 0.3) is 0 Å². The van der Waals surface area contributed by atoms with Crippen molar-refractivity contribution in [2.75, 3.05) is 38.8 Å². The molecule has 0 saturated carbocycles. The molecular formula is C11H24IN3O3S. The molecule has 0 bridgehead atoms. The summed E-state index contributed by atoms with van der Waals surface area (Å²) in [6.07, 6.45) is 4.29. The number of nitrogens with one attached hydrogen (secondary N) is 2. The molecule has 0 spiro atoms. The molecule has 6 nitrogen and oxygen atoms in total. The van der Waals surface area contributed by atoms with Gasteiger partial charge in [0.1, 0.15) is 9.84 Å². The van der Waals surface area contributed by atoms with Crippen molar-refractivity contribution in [1.29, 1.82) is 0 Å². The first-order valence-corrected chi connectivity index (χ1v) is 8.31. The average Bonchev–Trinajstić information content (AvgIpc) is 2.79. The number of aliphatic imine (C=N–C) groups is 1. The van der Waals surface area contributed by atoms with Gasteiger partial charge in [-0.1, -0.05) is 0 Å². The van der Waals surface area contributed by atoms with Crippen LogP contribution in [-0.4, -0.2) is 59.2 Å². The first-order valence-electron chi connectivity index (χ1n) is 6.25. The maximum atomic E-state index is 11.0. The number of hydrogen-bond acceptors (Lipinski definition) is 4. The molecule has 0 aromatic heterocycles. The van der Waals surface area contributed by atoms with Gasteiger partial charge in [-0.05, 0) is 19.3 Å². The number of hydrogen-bond donors (Lipinski definition) is 2. The minimum Gasteiger partial charge on any atom is -0.376 e. The van der Waals surface area contributed by atoms with Gasteiger partial charge >= 0.3 is 0 Å². The third-order valence-electron chi connectivity index (χ3n) is 2.73. The predicted octanol–water partition coefficient (Wildman–Crippen LogP) is 0.383. The Kier molecular flexibility index (Phi) is 9.71. The van der Waals surface area contributed by atoms with E-state index in [4.69, 9.17) is 4.74 Å². The number of halogens is 1. The molecule has 1 heterocycles. The first-order chi connectivity index (χ1) is 8.51. The van der Waals surface area contributed by atoms with Crippen molar-refractivity contribution in [2.24, 2.45) is 4.99 Å². The molecule has 0 aromatic rings. The minimum atomic E-state index is -2.87. The molecule has 19 heavy (non-hydrogen) atoms. The van der Waals surface area contributed by atoms with Crippen molar-refractivity contribution in [3.05, 3.63) is 0 Å². The smallest absolute Gasteiger partial charge is 0.191 e. The summed E-state index contributed by atoms with van der Waals surface area (Å²) in [6.45, 7) is 2.18. The van der Waals surface area contributed by atoms with E-state index < -0.39 is 9.84 Å². The lowest BCUT2D eigenvalue weighted by Gasteiger charge is -2.14. The lowest BCUT2D eigenvalue weighted by Crippen LogP contribution is -2.41. The summed E-state index contributed by atoms with van der Waals surface area (Å²) in [5.41, 5.74) is 0. The molecule has 0 radical (unpaired) electrons. The molecule has 0 amide bonds. The minimum absolute atomic E-state index is 0. The number of sulfone groups is 1. The van der Waals surface area contributed by atoms with Gasteiger partial charge in [-0.25, -0.2) is 8.42 Å². The Balaban J connectivity index is 0.00000324. The van der Waals surface area contributed by atoms with E-state index in [1.807, 2.05) is 0 Å². The average molecular weight is 405 g/mol. The van der Waals surface area contributed by atoms with Gasteiger partial charge in [-0.2, -0.15) is 0 Å². The fourth-order valence-electron chi connectivity index (χ4n) is 1.78. The predicted molar refractivity (Wildman–Crippen MR) is 88.1 cm³/mol. The second-order valence-corrected chi connectivity index (χ2v) is 6.76. The Morgan fingerprint density at radius 3 is 2.68 bits per heavy atom. The van der Waals surface area contributed by atoms with Crippen molar-refractivity contribution < 1.29 is 13.2 Å². The van der Waals surface area contributed by atoms with Crippen LogP contribution in [-0.2, 0) is 14.6 Å². The SMILES string of the molecule is CN=C(NCCCS(C)(=O)=O)NCC1CCCO1.I. The van der Waals surface area contributed by atoms with Gasteiger partial charge in [0.15, 0.2) is 5.96 Å². The third-order valence-corrected chi connectivity index (χ3v) is 3.76. The normalized spacial score (nSPS) is 19.9. The molecule has 1 saturated heterocycles. The van der Waals surface area contributed by atoms with E-state index >= 15 is 0 Å². The monoisotopic (exact) mass is 405 g/mol. The number of nitrogens with zero attached hydrogens (tertiary/aromatic N) is 1. The lowest BCUT2D eigenvalue weighted by molar-refractivity contribution is 0.114. The highest BCUT2D eigenvalue weighted by Gasteiger charge is 2.15. The van der Waals surface area contributed by atoms with Crippen LogP contribution in [0.5, 0.6) is 0 Å². The molecule has 1 unspecified atom stereocenters. The highest BCUT2D eigenvalue weighted by molar-refractivity contribution is 14.0. The highest BCUT2D eigenvalue weighted by atomic mass is 127. The molecule has 1 aliphatic rings. The number of guanidine groups is 1. The third kappa shape index (κ3) is 9.44. The van der Waals surface area contributed by atoms with Gasteiger partial charge in [-0.3, -0.25) is 4.99 Å². The van der Waals surface area contributed by atoms with Gasteiger partial charge in [0, 0.05) is 33.0 Å². The number of ether oxygens (including phenoxy) is 1. The summed E-state index contributed by atoms with van der Waals surface area (Å²) >= 11 is 0. The van der Waals surface area contributed by atoms with E-state index in [0.29, 0.717) is 18.9 Å². The van der Waals surface area contributed by atoms with Crippen molar-refractivity contribution >= 4 is 39.8 Å². The van der Waals surface area contributed by atoms with Crippen molar-refractivity contribution in [3.63, 3.8) is 0 Å². The van der Waals surface area contributed by atoms with Gasteiger partial charge < -0.3 is 15.4 Å². The summed E-state index contributed by atoms with van der Waals surface area (Å²) < 4.78 is 27.4. The second kappa shape index (κ2) is 9.76. The van der Waals surface area contributed by atoms with Crippen molar-refractivity contribution in [2.45, 2.75) is 25.4 Å². The zero-order chi connectivity index (χ0) is 13.4. The molecule has 1 rings (SSSR count). The van der Waals surface area contributed by atoms with Crippen molar-refractivity contribution in [3.8, 4) is 0 Å². The highest BCUT2D eigenvalue weighted by Crippen LogP contribution is 2.10. The molecule has 0 aromatic carbocycles. The Morgan fingerprint density at radius 1 is 1.42 bits per heavy atom. The van der Waals surface area contributed by atoms with Crippen LogP contribution in [0, 0.1) is 0 Å². The van der Waals surface area contributed by atoms with Crippen molar-refractivity contribution in [1.82, 2.24) is 10.6 Å². The standard InChI is InChI=1S/C11H23N3O3S.HI/c1-12-11(13-6-4-8-18(2,15)16)14-9-10-5-3-7-17-10;/h10H,3-9H2,1-2H3,(H2,12,13,14);1H. The van der Waals surface area contributed by atoms with Crippen LogP contribution >= 0.6 is 24.0 Å². The van der Waals surface area contributed by atoms with E-state index in [0.717, 1.165) is 26.0 Å². The second-order valence-electron chi connectivity index (χ2n) is 4.50. The van der Waals surface area contributed by atoms with Gasteiger partial charge in [-0.15, -0.1) is 24.0 Å². The summed E-state index contributed by atoms with van der Waals surface area (Å²) in [4.78, 5) is 4.07. The summed E-state index contributed by atoms with van der Waals surface area (Å²) in [7, 11) is -1.18. The zero-order valence-corrected chi connectivity index (χ0v) is 14.7. The Bertz CT molecular complexity index is 367. The topological polar surface area (TPSA) is 79.8 Å². The van der Waals surface area contributed by atoms with Gasteiger partial charge in [0.05, 0.1) is 11.9 Å². The maximum absolute atomic E-state index is 11.0. The largest absolute Gasteiger partial charge is 0.376 e. The molecule has 1 fully saturated rings. The van der Waals surface area contributed by atoms with E-state index in [9.17, 15) is 8.42 Å². The van der Waals surface area contributed by atoms with E-state index in [2.05, 4.69) is 15.6 Å². The summed E-state index contributed by atoms with van der Waals surface area (Å²) in [5, 5.41) is 6.26. The zero-order valence-electron chi connectivity index (χ0n) is 11.5. The van der Waals surface area contributed by atoms with Crippen LogP contribution in [0.15, 0.2) is 4.99 Å². The van der Waals surface area contributed by atoms with Crippen LogP contribution in [0.25, 0.3) is 0 Å². The molecular weight excluding hydrogens is 381 g/mol. The molecule has 1 aliphatic heterocycles. The summed E-state index contributed by atoms with van der Waals surface area (Å²) in [5.74, 6) is 0.891. The van der Waals surface area contributed by atoms with Crippen LogP contribution in [0.2, 0.25) is 0 Å². The molecule has 2 N–H and O–H groups in total. The molecule has 114 valence electrons.